The Morgan fingerprint density at radius 2 is 1.84 bits per heavy atom. The molecule has 1 saturated carbocycles. The van der Waals surface area contributed by atoms with Crippen LogP contribution in [0.2, 0.25) is 0 Å². The zero-order valence-electron chi connectivity index (χ0n) is 29.4. The average Bonchev–Trinajstić information content (AvgIpc) is 3.69. The maximum atomic E-state index is 13.8. The smallest absolute Gasteiger partial charge is 0.477 e. The van der Waals surface area contributed by atoms with Crippen LogP contribution in [0, 0.1) is 5.92 Å². The highest BCUT2D eigenvalue weighted by Gasteiger charge is 2.38. The van der Waals surface area contributed by atoms with Gasteiger partial charge in [-0.3, -0.25) is 23.2 Å². The Balaban J connectivity index is 1.90. The third-order valence-corrected chi connectivity index (χ3v) is 7.82. The van der Waals surface area contributed by atoms with Crippen LogP contribution in [-0.2, 0) is 36.7 Å². The first-order valence-corrected chi connectivity index (χ1v) is 15.5. The van der Waals surface area contributed by atoms with Crippen LogP contribution >= 0.6 is 7.82 Å². The Labute approximate surface area is 265 Å². The molecule has 0 spiro atoms. The van der Waals surface area contributed by atoms with Gasteiger partial charge >= 0.3 is 7.82 Å². The minimum absolute atomic E-state index is 0.0134. The lowest BCUT2D eigenvalue weighted by molar-refractivity contribution is -0.117. The number of nitrogens with zero attached hydrogens (tertiary/aromatic N) is 7. The monoisotopic (exact) mass is 648 g/mol. The maximum Gasteiger partial charge on any atom is 0.477 e. The highest BCUT2D eigenvalue weighted by molar-refractivity contribution is 7.48. The van der Waals surface area contributed by atoms with Crippen molar-refractivity contribution in [3.05, 3.63) is 35.6 Å². The van der Waals surface area contributed by atoms with Crippen LogP contribution in [0.5, 0.6) is 5.75 Å². The molecule has 244 valence electrons. The number of aromatic nitrogens is 6. The van der Waals surface area contributed by atoms with Crippen LogP contribution in [0.1, 0.15) is 69.0 Å². The SMILES string of the molecule is [2H]C([2H])([2H])NC(=O)c1nn(COP(=O)(OC(C)(C)C)OC(C)(C)C)c(NC(=O)C2CC2)cc1=Nc1nccc(-c2cnn(C)n2)c1OC. The molecule has 0 unspecified atom stereocenters. The number of anilines is 1. The molecule has 4 rings (SSSR count). The van der Waals surface area contributed by atoms with Crippen LogP contribution in [0.15, 0.2) is 29.5 Å². The molecule has 0 radical (unpaired) electrons. The Morgan fingerprint density at radius 3 is 2.40 bits per heavy atom. The quantitative estimate of drug-likeness (QED) is 0.289. The summed E-state index contributed by atoms with van der Waals surface area (Å²) in [5.41, 5.74) is -1.47. The van der Waals surface area contributed by atoms with Crippen molar-refractivity contribution in [2.45, 2.75) is 72.3 Å². The number of amides is 2. The summed E-state index contributed by atoms with van der Waals surface area (Å²) in [5.74, 6) is -1.58. The van der Waals surface area contributed by atoms with Crippen molar-refractivity contribution >= 4 is 31.3 Å². The van der Waals surface area contributed by atoms with E-state index in [1.807, 2.05) is 5.32 Å². The van der Waals surface area contributed by atoms with Gasteiger partial charge in [-0.2, -0.15) is 20.1 Å². The molecule has 1 fully saturated rings. The minimum Gasteiger partial charge on any atom is -0.492 e. The van der Waals surface area contributed by atoms with E-state index >= 15 is 0 Å². The molecule has 0 saturated heterocycles. The fourth-order valence-corrected chi connectivity index (χ4v) is 5.68. The topological polar surface area (TPSA) is 186 Å². The third kappa shape index (κ3) is 9.03. The maximum absolute atomic E-state index is 13.8. The molecule has 3 aromatic heterocycles. The van der Waals surface area contributed by atoms with Gasteiger partial charge in [0.15, 0.2) is 24.0 Å². The summed E-state index contributed by atoms with van der Waals surface area (Å²) >= 11 is 0. The number of nitrogens with one attached hydrogen (secondary N) is 2. The Morgan fingerprint density at radius 1 is 1.16 bits per heavy atom. The second-order valence-electron chi connectivity index (χ2n) is 12.1. The number of hydrogen-bond donors (Lipinski definition) is 2. The van der Waals surface area contributed by atoms with E-state index in [0.717, 1.165) is 4.68 Å². The first-order chi connectivity index (χ1) is 22.2. The molecule has 2 N–H and O–H groups in total. The van der Waals surface area contributed by atoms with Crippen LogP contribution in [0.4, 0.5) is 11.6 Å². The van der Waals surface area contributed by atoms with E-state index in [0.29, 0.717) is 24.1 Å². The second kappa shape index (κ2) is 13.2. The summed E-state index contributed by atoms with van der Waals surface area (Å²) in [6.45, 7) is 6.44. The predicted octanol–water partition coefficient (Wildman–Crippen LogP) is 3.74. The molecule has 16 nitrogen and oxygen atoms in total. The number of phosphoric acid groups is 1. The summed E-state index contributed by atoms with van der Waals surface area (Å²) in [4.78, 5) is 36.5. The van der Waals surface area contributed by atoms with Gasteiger partial charge in [-0.05, 0) is 60.5 Å². The second-order valence-corrected chi connectivity index (χ2v) is 13.7. The summed E-state index contributed by atoms with van der Waals surface area (Å²) in [7, 11) is -1.26. The summed E-state index contributed by atoms with van der Waals surface area (Å²) < 4.78 is 60.3. The van der Waals surface area contributed by atoms with Crippen LogP contribution in [-0.4, -0.2) is 66.9 Å². The van der Waals surface area contributed by atoms with Gasteiger partial charge in [0.1, 0.15) is 16.9 Å². The molecule has 0 aliphatic heterocycles. The first-order valence-electron chi connectivity index (χ1n) is 15.5. The standard InChI is InChI=1S/C28H40N9O7P/c1-27(2,3)43-45(40,44-28(4,5)6)42-16-37-21(33-25(38)17-10-11-17)14-19(22(35-37)26(39)29-7)32-24-23(41-9)18(12-13-30-24)20-15-31-36(8)34-20/h12-15,17H,10-11,16H2,1-9H3,(H,29,39)(H,33,38)/i7D3. The van der Waals surface area contributed by atoms with E-state index in [1.54, 1.807) is 54.7 Å². The molecule has 17 heteroatoms. The number of pyridine rings is 1. The molecule has 0 atom stereocenters. The normalized spacial score (nSPS) is 15.6. The van der Waals surface area contributed by atoms with Crippen molar-refractivity contribution in [1.29, 1.82) is 0 Å². The van der Waals surface area contributed by atoms with Gasteiger partial charge in [-0.1, -0.05) is 0 Å². The molecular weight excluding hydrogens is 605 g/mol. The number of hydrogen-bond acceptors (Lipinski definition) is 12. The summed E-state index contributed by atoms with van der Waals surface area (Å²) in [6, 6.07) is 2.93. The zero-order chi connectivity index (χ0) is 35.7. The van der Waals surface area contributed by atoms with Crippen molar-refractivity contribution < 1.29 is 36.6 Å². The van der Waals surface area contributed by atoms with Crippen molar-refractivity contribution in [3.8, 4) is 17.0 Å². The molecule has 3 heterocycles. The number of methoxy groups -OCH3 is 1. The molecule has 0 aromatic carbocycles. The van der Waals surface area contributed by atoms with Gasteiger partial charge in [0.2, 0.25) is 5.91 Å². The lowest BCUT2D eigenvalue weighted by Gasteiger charge is -2.31. The van der Waals surface area contributed by atoms with E-state index < -0.39 is 44.3 Å². The van der Waals surface area contributed by atoms with Gasteiger partial charge in [0.25, 0.3) is 5.91 Å². The number of rotatable bonds is 11. The van der Waals surface area contributed by atoms with E-state index in [4.69, 9.17) is 22.4 Å². The Kier molecular flexibility index (Phi) is 8.70. The third-order valence-electron chi connectivity index (χ3n) is 5.84. The van der Waals surface area contributed by atoms with Crippen LogP contribution in [0.25, 0.3) is 11.3 Å². The van der Waals surface area contributed by atoms with Gasteiger partial charge in [-0.15, -0.1) is 0 Å². The molecule has 2 amide bonds. The Bertz CT molecular complexity index is 1770. The average molecular weight is 649 g/mol. The van der Waals surface area contributed by atoms with E-state index in [9.17, 15) is 14.2 Å². The molecule has 3 aromatic rings. The largest absolute Gasteiger partial charge is 0.492 e. The number of ether oxygens (including phenoxy) is 1. The van der Waals surface area contributed by atoms with Crippen molar-refractivity contribution in [2.24, 2.45) is 18.0 Å². The summed E-state index contributed by atoms with van der Waals surface area (Å²) in [5, 5.41) is 17.2. The number of carbonyl (C=O) groups excluding carboxylic acids is 2. The molecule has 1 aliphatic rings. The lowest BCUT2D eigenvalue weighted by Crippen LogP contribution is -2.32. The number of phosphoric ester groups is 1. The van der Waals surface area contributed by atoms with Gasteiger partial charge in [0, 0.05) is 36.3 Å². The number of aryl methyl sites for hydroxylation is 1. The molecule has 0 bridgehead atoms. The number of carbonyl (C=O) groups is 2. The highest BCUT2D eigenvalue weighted by Crippen LogP contribution is 2.55. The molecule has 1 aliphatic carbocycles. The molecular formula is C28H40N9O7P. The fourth-order valence-electron chi connectivity index (χ4n) is 3.95. The van der Waals surface area contributed by atoms with Gasteiger partial charge in [-0.25, -0.2) is 19.2 Å². The van der Waals surface area contributed by atoms with Crippen LogP contribution in [0.3, 0.4) is 0 Å². The zero-order valence-corrected chi connectivity index (χ0v) is 27.3. The van der Waals surface area contributed by atoms with Gasteiger partial charge < -0.3 is 15.4 Å². The molecule has 45 heavy (non-hydrogen) atoms. The minimum atomic E-state index is -4.30. The van der Waals surface area contributed by atoms with Crippen molar-refractivity contribution in [3.63, 3.8) is 0 Å². The van der Waals surface area contributed by atoms with Crippen molar-refractivity contribution in [1.82, 2.24) is 35.1 Å². The first kappa shape index (κ1) is 29.7. The fraction of sp³-hybridized carbons (Fsp3) is 0.536. The van der Waals surface area contributed by atoms with E-state index in [-0.39, 0.29) is 34.6 Å². The predicted molar refractivity (Wildman–Crippen MR) is 163 cm³/mol. The van der Waals surface area contributed by atoms with Crippen LogP contribution < -0.4 is 20.7 Å². The van der Waals surface area contributed by atoms with E-state index in [1.165, 1.54) is 30.4 Å². The lowest BCUT2D eigenvalue weighted by atomic mass is 10.2. The van der Waals surface area contributed by atoms with Crippen molar-refractivity contribution in [2.75, 3.05) is 19.4 Å². The van der Waals surface area contributed by atoms with E-state index in [2.05, 4.69) is 30.6 Å². The highest BCUT2D eigenvalue weighted by atomic mass is 31.2. The summed E-state index contributed by atoms with van der Waals surface area (Å²) in [6.07, 6.45) is 4.31. The van der Waals surface area contributed by atoms with Gasteiger partial charge in [0.05, 0.1) is 30.1 Å². The Hall–Kier alpha value is -3.98.